The molecule has 0 fully saturated rings. The fraction of sp³-hybridized carbons (Fsp3) is 0.130. The predicted octanol–water partition coefficient (Wildman–Crippen LogP) is 5.24. The van der Waals surface area contributed by atoms with Gasteiger partial charge in [0.25, 0.3) is 0 Å². The lowest BCUT2D eigenvalue weighted by molar-refractivity contribution is -0.115. The first-order valence-corrected chi connectivity index (χ1v) is 10.3. The summed E-state index contributed by atoms with van der Waals surface area (Å²) in [5.41, 5.74) is 5.23. The van der Waals surface area contributed by atoms with Crippen LogP contribution >= 0.6 is 11.8 Å². The van der Waals surface area contributed by atoms with Gasteiger partial charge in [0, 0.05) is 29.2 Å². The van der Waals surface area contributed by atoms with Crippen LogP contribution in [-0.2, 0) is 11.2 Å². The monoisotopic (exact) mass is 387 g/mol. The second kappa shape index (κ2) is 7.90. The van der Waals surface area contributed by atoms with Crippen molar-refractivity contribution < 1.29 is 4.79 Å². The molecule has 0 aliphatic heterocycles. The minimum Gasteiger partial charge on any atom is -0.326 e. The lowest BCUT2D eigenvalue weighted by Gasteiger charge is -2.11. The number of carbonyl (C=O) groups is 1. The standard InChI is InChI=1S/C23H21N3OS/c1-16-5-3-7-21-20(16)14-23(28-2)26(21)19-10-8-18(9-11-19)25-22(27)13-17-6-4-12-24-15-17/h3-12,14-15H,13H2,1-2H3,(H,25,27). The molecule has 0 unspecified atom stereocenters. The molecule has 0 atom stereocenters. The van der Waals surface area contributed by atoms with E-state index in [0.717, 1.165) is 16.9 Å². The highest BCUT2D eigenvalue weighted by atomic mass is 32.2. The quantitative estimate of drug-likeness (QED) is 0.477. The van der Waals surface area contributed by atoms with Crippen LogP contribution in [0.3, 0.4) is 0 Å². The molecule has 4 rings (SSSR count). The molecule has 0 radical (unpaired) electrons. The van der Waals surface area contributed by atoms with Crippen molar-refractivity contribution in [1.29, 1.82) is 0 Å². The molecule has 4 aromatic rings. The summed E-state index contributed by atoms with van der Waals surface area (Å²) in [6.45, 7) is 2.14. The number of benzene rings is 2. The summed E-state index contributed by atoms with van der Waals surface area (Å²) in [4.78, 5) is 16.3. The summed E-state index contributed by atoms with van der Waals surface area (Å²) in [6, 6.07) is 20.3. The van der Waals surface area contributed by atoms with E-state index in [9.17, 15) is 4.79 Å². The molecule has 4 nitrogen and oxygen atoms in total. The van der Waals surface area contributed by atoms with Crippen molar-refractivity contribution in [3.63, 3.8) is 0 Å². The number of fused-ring (bicyclic) bond motifs is 1. The molecule has 1 amide bonds. The summed E-state index contributed by atoms with van der Waals surface area (Å²) in [5, 5.41) is 5.41. The minimum atomic E-state index is -0.0485. The Morgan fingerprint density at radius 3 is 2.64 bits per heavy atom. The number of rotatable bonds is 5. The van der Waals surface area contributed by atoms with Gasteiger partial charge in [-0.15, -0.1) is 11.8 Å². The van der Waals surface area contributed by atoms with Gasteiger partial charge in [-0.05, 0) is 66.8 Å². The molecule has 0 saturated heterocycles. The summed E-state index contributed by atoms with van der Waals surface area (Å²) in [7, 11) is 0. The second-order valence-corrected chi connectivity index (χ2v) is 7.49. The number of nitrogens with one attached hydrogen (secondary N) is 1. The molecule has 0 bridgehead atoms. The van der Waals surface area contributed by atoms with Gasteiger partial charge in [-0.1, -0.05) is 18.2 Å². The van der Waals surface area contributed by atoms with Gasteiger partial charge in [-0.25, -0.2) is 0 Å². The van der Waals surface area contributed by atoms with E-state index >= 15 is 0 Å². The largest absolute Gasteiger partial charge is 0.326 e. The highest BCUT2D eigenvalue weighted by molar-refractivity contribution is 7.98. The molecule has 2 aromatic carbocycles. The molecule has 2 heterocycles. The van der Waals surface area contributed by atoms with E-state index in [1.54, 1.807) is 24.2 Å². The van der Waals surface area contributed by atoms with Crippen molar-refractivity contribution in [1.82, 2.24) is 9.55 Å². The van der Waals surface area contributed by atoms with Crippen LogP contribution in [-0.4, -0.2) is 21.7 Å². The van der Waals surface area contributed by atoms with Crippen LogP contribution in [0.2, 0.25) is 0 Å². The Hall–Kier alpha value is -3.05. The van der Waals surface area contributed by atoms with Crippen LogP contribution < -0.4 is 5.32 Å². The summed E-state index contributed by atoms with van der Waals surface area (Å²) in [5.74, 6) is -0.0485. The predicted molar refractivity (Wildman–Crippen MR) is 116 cm³/mol. The number of hydrogen-bond donors (Lipinski definition) is 1. The number of amides is 1. The number of carbonyl (C=O) groups excluding carboxylic acids is 1. The van der Waals surface area contributed by atoms with Gasteiger partial charge in [0.15, 0.2) is 0 Å². The Bertz CT molecular complexity index is 1120. The van der Waals surface area contributed by atoms with E-state index in [1.165, 1.54) is 21.5 Å². The van der Waals surface area contributed by atoms with Gasteiger partial charge in [0.1, 0.15) is 0 Å². The third kappa shape index (κ3) is 3.66. The van der Waals surface area contributed by atoms with Crippen LogP contribution in [0.1, 0.15) is 11.1 Å². The van der Waals surface area contributed by atoms with Crippen molar-refractivity contribution in [2.75, 3.05) is 11.6 Å². The van der Waals surface area contributed by atoms with Crippen LogP contribution in [0, 0.1) is 6.92 Å². The number of hydrogen-bond acceptors (Lipinski definition) is 3. The van der Waals surface area contributed by atoms with Crippen molar-refractivity contribution in [2.45, 2.75) is 18.4 Å². The molecule has 5 heteroatoms. The molecular formula is C23H21N3OS. The molecule has 2 aromatic heterocycles. The summed E-state index contributed by atoms with van der Waals surface area (Å²) >= 11 is 1.73. The van der Waals surface area contributed by atoms with Gasteiger partial charge in [-0.3, -0.25) is 9.78 Å². The lowest BCUT2D eigenvalue weighted by atomic mass is 10.1. The highest BCUT2D eigenvalue weighted by Crippen LogP contribution is 2.31. The molecule has 0 aliphatic rings. The van der Waals surface area contributed by atoms with Crippen LogP contribution in [0.15, 0.2) is 78.1 Å². The van der Waals surface area contributed by atoms with Gasteiger partial charge in [0.2, 0.25) is 5.91 Å². The normalized spacial score (nSPS) is 10.9. The maximum atomic E-state index is 12.3. The van der Waals surface area contributed by atoms with E-state index in [0.29, 0.717) is 6.42 Å². The SMILES string of the molecule is CSc1cc2c(C)cccc2n1-c1ccc(NC(=O)Cc2cccnc2)cc1. The smallest absolute Gasteiger partial charge is 0.228 e. The first-order chi connectivity index (χ1) is 13.7. The van der Waals surface area contributed by atoms with E-state index in [-0.39, 0.29) is 5.91 Å². The van der Waals surface area contributed by atoms with E-state index in [4.69, 9.17) is 0 Å². The number of aromatic nitrogens is 2. The molecule has 1 N–H and O–H groups in total. The van der Waals surface area contributed by atoms with Crippen LogP contribution in [0.25, 0.3) is 16.6 Å². The van der Waals surface area contributed by atoms with Gasteiger partial charge in [0.05, 0.1) is 17.0 Å². The number of pyridine rings is 1. The minimum absolute atomic E-state index is 0.0485. The maximum Gasteiger partial charge on any atom is 0.228 e. The van der Waals surface area contributed by atoms with Crippen molar-refractivity contribution in [3.05, 3.63) is 84.2 Å². The fourth-order valence-corrected chi connectivity index (χ4v) is 3.98. The molecule has 140 valence electrons. The Morgan fingerprint density at radius 2 is 1.93 bits per heavy atom. The van der Waals surface area contributed by atoms with E-state index < -0.39 is 0 Å². The Balaban J connectivity index is 1.58. The van der Waals surface area contributed by atoms with Gasteiger partial charge in [-0.2, -0.15) is 0 Å². The van der Waals surface area contributed by atoms with Gasteiger partial charge < -0.3 is 9.88 Å². The summed E-state index contributed by atoms with van der Waals surface area (Å²) in [6.07, 6.45) is 5.82. The number of aryl methyl sites for hydroxylation is 1. The highest BCUT2D eigenvalue weighted by Gasteiger charge is 2.12. The lowest BCUT2D eigenvalue weighted by Crippen LogP contribution is -2.14. The third-order valence-corrected chi connectivity index (χ3v) is 5.45. The van der Waals surface area contributed by atoms with E-state index in [1.807, 2.05) is 36.4 Å². The van der Waals surface area contributed by atoms with E-state index in [2.05, 4.69) is 52.3 Å². The third-order valence-electron chi connectivity index (χ3n) is 4.74. The molecule has 0 saturated carbocycles. The molecule has 0 aliphatic carbocycles. The second-order valence-electron chi connectivity index (χ2n) is 6.66. The number of anilines is 1. The average Bonchev–Trinajstić information content (AvgIpc) is 3.09. The first-order valence-electron chi connectivity index (χ1n) is 9.10. The van der Waals surface area contributed by atoms with Crippen LogP contribution in [0.5, 0.6) is 0 Å². The van der Waals surface area contributed by atoms with Gasteiger partial charge >= 0.3 is 0 Å². The molecule has 0 spiro atoms. The van der Waals surface area contributed by atoms with Crippen molar-refractivity contribution >= 4 is 34.3 Å². The number of nitrogens with zero attached hydrogens (tertiary/aromatic N) is 2. The average molecular weight is 388 g/mol. The van der Waals surface area contributed by atoms with Crippen LogP contribution in [0.4, 0.5) is 5.69 Å². The Labute approximate surface area is 168 Å². The zero-order chi connectivity index (χ0) is 19.5. The molecule has 28 heavy (non-hydrogen) atoms. The van der Waals surface area contributed by atoms with Crippen molar-refractivity contribution in [3.8, 4) is 5.69 Å². The first kappa shape index (κ1) is 18.3. The Morgan fingerprint density at radius 1 is 1.11 bits per heavy atom. The molecular weight excluding hydrogens is 366 g/mol. The zero-order valence-electron chi connectivity index (χ0n) is 15.8. The van der Waals surface area contributed by atoms with Crippen molar-refractivity contribution in [2.24, 2.45) is 0 Å². The topological polar surface area (TPSA) is 46.9 Å². The summed E-state index contributed by atoms with van der Waals surface area (Å²) < 4.78 is 2.26. The zero-order valence-corrected chi connectivity index (χ0v) is 16.7. The Kier molecular flexibility index (Phi) is 5.17. The maximum absolute atomic E-state index is 12.3. The number of thioether (sulfide) groups is 1. The fourth-order valence-electron chi connectivity index (χ4n) is 3.36.